The van der Waals surface area contributed by atoms with Gasteiger partial charge in [-0.2, -0.15) is 11.8 Å². The first kappa shape index (κ1) is 14.8. The molecule has 0 saturated carbocycles. The maximum atomic E-state index is 11.4. The van der Waals surface area contributed by atoms with Crippen molar-refractivity contribution in [3.05, 3.63) is 0 Å². The highest BCUT2D eigenvalue weighted by Crippen LogP contribution is 2.01. The lowest BCUT2D eigenvalue weighted by Crippen LogP contribution is -2.35. The Bertz CT molecular complexity index is 165. The van der Waals surface area contributed by atoms with E-state index < -0.39 is 0 Å². The number of amides is 1. The zero-order valence-corrected chi connectivity index (χ0v) is 11.0. The predicted molar refractivity (Wildman–Crippen MR) is 68.4 cm³/mol. The van der Waals surface area contributed by atoms with Crippen molar-refractivity contribution in [3.63, 3.8) is 0 Å². The molecule has 0 rings (SSSR count). The Morgan fingerprint density at radius 3 is 2.67 bits per heavy atom. The highest BCUT2D eigenvalue weighted by Gasteiger charge is 2.04. The minimum atomic E-state index is 0.182. The Balaban J connectivity index is 3.20. The molecule has 0 aromatic rings. The molecule has 1 N–H and O–H groups in total. The average molecular weight is 232 g/mol. The van der Waals surface area contributed by atoms with E-state index in [2.05, 4.69) is 11.6 Å². The highest BCUT2D eigenvalue weighted by atomic mass is 32.2. The van der Waals surface area contributed by atoms with Gasteiger partial charge in [-0.1, -0.05) is 6.42 Å². The van der Waals surface area contributed by atoms with E-state index in [-0.39, 0.29) is 5.91 Å². The van der Waals surface area contributed by atoms with E-state index in [0.717, 1.165) is 13.1 Å². The molecule has 0 aromatic heterocycles. The van der Waals surface area contributed by atoms with Crippen LogP contribution in [0.25, 0.3) is 0 Å². The first-order valence-corrected chi connectivity index (χ1v) is 7.05. The molecule has 15 heavy (non-hydrogen) atoms. The van der Waals surface area contributed by atoms with E-state index in [1.807, 2.05) is 25.7 Å². The standard InChI is InChI=1S/C11H24N2OS/c1-4-13(2)11(14)10-12-8-6-5-7-9-15-3/h12H,4-10H2,1-3H3. The van der Waals surface area contributed by atoms with Crippen LogP contribution >= 0.6 is 11.8 Å². The van der Waals surface area contributed by atoms with Gasteiger partial charge in [0.15, 0.2) is 0 Å². The fraction of sp³-hybridized carbons (Fsp3) is 0.909. The third kappa shape index (κ3) is 8.75. The number of likely N-dealkylation sites (N-methyl/N-ethyl adjacent to an activating group) is 1. The van der Waals surface area contributed by atoms with Crippen LogP contribution in [0.2, 0.25) is 0 Å². The van der Waals surface area contributed by atoms with Crippen molar-refractivity contribution in [2.24, 2.45) is 0 Å². The van der Waals surface area contributed by atoms with E-state index in [1.54, 1.807) is 4.90 Å². The van der Waals surface area contributed by atoms with Crippen LogP contribution in [0.3, 0.4) is 0 Å². The van der Waals surface area contributed by atoms with Crippen molar-refractivity contribution >= 4 is 17.7 Å². The molecule has 0 bridgehead atoms. The molecular formula is C11H24N2OS. The number of carbonyl (C=O) groups is 1. The fourth-order valence-corrected chi connectivity index (χ4v) is 1.67. The SMILES string of the molecule is CCN(C)C(=O)CNCCCCCSC. The summed E-state index contributed by atoms with van der Waals surface area (Å²) in [6.07, 6.45) is 5.85. The largest absolute Gasteiger partial charge is 0.345 e. The Labute approximate surface area is 98.0 Å². The van der Waals surface area contributed by atoms with Gasteiger partial charge in [0.25, 0.3) is 0 Å². The molecule has 4 heteroatoms. The van der Waals surface area contributed by atoms with Crippen LogP contribution in [0.1, 0.15) is 26.2 Å². The van der Waals surface area contributed by atoms with Crippen LogP contribution in [0.4, 0.5) is 0 Å². The number of rotatable bonds is 9. The summed E-state index contributed by atoms with van der Waals surface area (Å²) in [5.41, 5.74) is 0. The Hall–Kier alpha value is -0.220. The van der Waals surface area contributed by atoms with Crippen molar-refractivity contribution in [2.45, 2.75) is 26.2 Å². The summed E-state index contributed by atoms with van der Waals surface area (Å²) in [6.45, 7) is 4.21. The second kappa shape index (κ2) is 10.3. The molecule has 1 amide bonds. The van der Waals surface area contributed by atoms with Gasteiger partial charge in [-0.05, 0) is 38.3 Å². The van der Waals surface area contributed by atoms with Gasteiger partial charge in [0, 0.05) is 13.6 Å². The second-order valence-corrected chi connectivity index (χ2v) is 4.62. The summed E-state index contributed by atoms with van der Waals surface area (Å²) in [4.78, 5) is 13.1. The molecule has 0 saturated heterocycles. The highest BCUT2D eigenvalue weighted by molar-refractivity contribution is 7.98. The van der Waals surface area contributed by atoms with E-state index in [4.69, 9.17) is 0 Å². The van der Waals surface area contributed by atoms with Gasteiger partial charge in [0.05, 0.1) is 6.54 Å². The predicted octanol–water partition coefficient (Wildman–Crippen LogP) is 1.59. The van der Waals surface area contributed by atoms with Gasteiger partial charge < -0.3 is 10.2 Å². The molecule has 0 radical (unpaired) electrons. The van der Waals surface area contributed by atoms with Crippen molar-refractivity contribution in [1.82, 2.24) is 10.2 Å². The summed E-state index contributed by atoms with van der Waals surface area (Å²) >= 11 is 1.90. The van der Waals surface area contributed by atoms with Crippen LogP contribution in [-0.4, -0.2) is 49.5 Å². The topological polar surface area (TPSA) is 32.3 Å². The van der Waals surface area contributed by atoms with E-state index in [0.29, 0.717) is 6.54 Å². The maximum absolute atomic E-state index is 11.4. The lowest BCUT2D eigenvalue weighted by Gasteiger charge is -2.14. The van der Waals surface area contributed by atoms with Crippen molar-refractivity contribution in [2.75, 3.05) is 38.7 Å². The molecule has 0 aromatic carbocycles. The van der Waals surface area contributed by atoms with Crippen LogP contribution < -0.4 is 5.32 Å². The maximum Gasteiger partial charge on any atom is 0.236 e. The molecule has 0 aliphatic heterocycles. The number of hydrogen-bond acceptors (Lipinski definition) is 3. The van der Waals surface area contributed by atoms with E-state index in [1.165, 1.54) is 25.0 Å². The number of nitrogens with zero attached hydrogens (tertiary/aromatic N) is 1. The van der Waals surface area contributed by atoms with Crippen LogP contribution in [0.15, 0.2) is 0 Å². The monoisotopic (exact) mass is 232 g/mol. The molecule has 0 unspecified atom stereocenters. The summed E-state index contributed by atoms with van der Waals surface area (Å²) in [6, 6.07) is 0. The van der Waals surface area contributed by atoms with Crippen LogP contribution in [0.5, 0.6) is 0 Å². The number of hydrogen-bond donors (Lipinski definition) is 1. The minimum absolute atomic E-state index is 0.182. The molecular weight excluding hydrogens is 208 g/mol. The lowest BCUT2D eigenvalue weighted by molar-refractivity contribution is -0.128. The Kier molecular flexibility index (Phi) is 10.2. The molecule has 0 aliphatic carbocycles. The third-order valence-electron chi connectivity index (χ3n) is 2.38. The lowest BCUT2D eigenvalue weighted by atomic mass is 10.2. The summed E-state index contributed by atoms with van der Waals surface area (Å²) in [5, 5.41) is 3.18. The van der Waals surface area contributed by atoms with E-state index >= 15 is 0 Å². The zero-order valence-electron chi connectivity index (χ0n) is 10.2. The molecule has 0 fully saturated rings. The van der Waals surface area contributed by atoms with Crippen molar-refractivity contribution in [3.8, 4) is 0 Å². The Morgan fingerprint density at radius 1 is 1.33 bits per heavy atom. The number of carbonyl (C=O) groups excluding carboxylic acids is 1. The Morgan fingerprint density at radius 2 is 2.07 bits per heavy atom. The van der Waals surface area contributed by atoms with Crippen LogP contribution in [-0.2, 0) is 4.79 Å². The minimum Gasteiger partial charge on any atom is -0.345 e. The zero-order chi connectivity index (χ0) is 11.5. The number of thioether (sulfide) groups is 1. The molecule has 0 heterocycles. The number of nitrogens with one attached hydrogen (secondary N) is 1. The van der Waals surface area contributed by atoms with Gasteiger partial charge in [-0.25, -0.2) is 0 Å². The molecule has 0 atom stereocenters. The van der Waals surface area contributed by atoms with Crippen molar-refractivity contribution in [1.29, 1.82) is 0 Å². The van der Waals surface area contributed by atoms with E-state index in [9.17, 15) is 4.79 Å². The van der Waals surface area contributed by atoms with Gasteiger partial charge in [-0.3, -0.25) is 4.79 Å². The third-order valence-corrected chi connectivity index (χ3v) is 3.08. The normalized spacial score (nSPS) is 10.3. The first-order valence-electron chi connectivity index (χ1n) is 5.66. The molecule has 90 valence electrons. The van der Waals surface area contributed by atoms with Gasteiger partial charge in [0.2, 0.25) is 5.91 Å². The molecule has 3 nitrogen and oxygen atoms in total. The van der Waals surface area contributed by atoms with Gasteiger partial charge in [-0.15, -0.1) is 0 Å². The average Bonchev–Trinajstić information content (AvgIpc) is 2.26. The quantitative estimate of drug-likeness (QED) is 0.613. The molecule has 0 spiro atoms. The van der Waals surface area contributed by atoms with Crippen molar-refractivity contribution < 1.29 is 4.79 Å². The van der Waals surface area contributed by atoms with Gasteiger partial charge in [0.1, 0.15) is 0 Å². The number of unbranched alkanes of at least 4 members (excludes halogenated alkanes) is 2. The molecule has 0 aliphatic rings. The summed E-state index contributed by atoms with van der Waals surface area (Å²) in [5.74, 6) is 1.43. The first-order chi connectivity index (χ1) is 7.22. The fourth-order valence-electron chi connectivity index (χ4n) is 1.18. The second-order valence-electron chi connectivity index (χ2n) is 3.64. The smallest absolute Gasteiger partial charge is 0.236 e. The summed E-state index contributed by atoms with van der Waals surface area (Å²) < 4.78 is 0. The van der Waals surface area contributed by atoms with Gasteiger partial charge >= 0.3 is 0 Å². The summed E-state index contributed by atoms with van der Waals surface area (Å²) in [7, 11) is 1.84. The van der Waals surface area contributed by atoms with Crippen LogP contribution in [0, 0.1) is 0 Å².